The first-order chi connectivity index (χ1) is 11.2. The summed E-state index contributed by atoms with van der Waals surface area (Å²) in [5.74, 6) is 0. The number of anilines is 1. The van der Waals surface area contributed by atoms with E-state index in [2.05, 4.69) is 20.3 Å². The smallest absolute Gasteiger partial charge is 0.211 e. The van der Waals surface area contributed by atoms with E-state index in [1.54, 1.807) is 6.34 Å². The van der Waals surface area contributed by atoms with Crippen LogP contribution in [-0.2, 0) is 0 Å². The zero-order valence-electron chi connectivity index (χ0n) is 11.5. The zero-order valence-corrected chi connectivity index (χ0v) is 14.6. The molecule has 4 aromatic rings. The van der Waals surface area contributed by atoms with Gasteiger partial charge in [-0.15, -0.1) is 0 Å². The van der Waals surface area contributed by atoms with Crippen LogP contribution < -0.4 is 5.32 Å². The number of para-hydroxylation sites is 2. The molecule has 1 N–H and O–H groups in total. The minimum absolute atomic E-state index is 0.633. The molecule has 0 saturated carbocycles. The van der Waals surface area contributed by atoms with E-state index >= 15 is 0 Å². The van der Waals surface area contributed by atoms with Gasteiger partial charge in [-0.3, -0.25) is 0 Å². The molecule has 4 nitrogen and oxygen atoms in total. The number of nitrogens with zero attached hydrogens (tertiary/aromatic N) is 3. The third-order valence-corrected chi connectivity index (χ3v) is 5.58. The van der Waals surface area contributed by atoms with Gasteiger partial charge in [0.1, 0.15) is 11.0 Å². The van der Waals surface area contributed by atoms with Crippen molar-refractivity contribution in [1.29, 1.82) is 0 Å². The van der Waals surface area contributed by atoms with Crippen LogP contribution in [0.5, 0.6) is 0 Å². The van der Waals surface area contributed by atoms with E-state index in [9.17, 15) is 0 Å². The molecule has 0 aliphatic heterocycles. The van der Waals surface area contributed by atoms with E-state index in [0.29, 0.717) is 15.2 Å². The average Bonchev–Trinajstić information content (AvgIpc) is 3.12. The molecule has 2 heterocycles. The second-order valence-electron chi connectivity index (χ2n) is 4.59. The lowest BCUT2D eigenvalue weighted by Gasteiger charge is -1.90. The molecule has 0 aliphatic rings. The minimum atomic E-state index is 0.633. The summed E-state index contributed by atoms with van der Waals surface area (Å²) >= 11 is 15.2. The highest BCUT2D eigenvalue weighted by molar-refractivity contribution is 7.22. The molecule has 0 radical (unpaired) electrons. The topological polar surface area (TPSA) is 50.2 Å². The average molecular weight is 379 g/mol. The van der Waals surface area contributed by atoms with Crippen LogP contribution in [0.1, 0.15) is 0 Å². The van der Waals surface area contributed by atoms with Gasteiger partial charge >= 0.3 is 0 Å². The molecule has 0 amide bonds. The van der Waals surface area contributed by atoms with Gasteiger partial charge in [0.15, 0.2) is 5.13 Å². The molecule has 0 aliphatic carbocycles. The van der Waals surface area contributed by atoms with Crippen LogP contribution in [0, 0.1) is 0 Å². The summed E-state index contributed by atoms with van der Waals surface area (Å²) in [6.45, 7) is 0. The lowest BCUT2D eigenvalue weighted by atomic mass is 10.3. The molecule has 4 rings (SSSR count). The Bertz CT molecular complexity index is 1040. The van der Waals surface area contributed by atoms with Crippen molar-refractivity contribution < 1.29 is 0 Å². The Morgan fingerprint density at radius 1 is 0.913 bits per heavy atom. The van der Waals surface area contributed by atoms with Crippen molar-refractivity contribution in [2.45, 2.75) is 0 Å². The Balaban J connectivity index is 1.57. The van der Waals surface area contributed by atoms with Crippen molar-refractivity contribution >= 4 is 82.9 Å². The number of hydrogen-bond acceptors (Lipinski definition) is 5. The molecule has 0 unspecified atom stereocenters. The molecule has 2 aromatic carbocycles. The monoisotopic (exact) mass is 378 g/mol. The van der Waals surface area contributed by atoms with Gasteiger partial charge in [-0.25, -0.2) is 15.0 Å². The van der Waals surface area contributed by atoms with E-state index in [1.807, 2.05) is 36.4 Å². The largest absolute Gasteiger partial charge is 0.322 e. The normalized spacial score (nSPS) is 11.7. The van der Waals surface area contributed by atoms with Crippen LogP contribution in [0.3, 0.4) is 0 Å². The fraction of sp³-hybridized carbons (Fsp3) is 0. The predicted molar refractivity (Wildman–Crippen MR) is 101 cm³/mol. The maximum atomic E-state index is 6.12. The van der Waals surface area contributed by atoms with Gasteiger partial charge in [0, 0.05) is 0 Å². The lowest BCUT2D eigenvalue weighted by molar-refractivity contribution is 1.40. The van der Waals surface area contributed by atoms with Gasteiger partial charge < -0.3 is 5.32 Å². The molecule has 0 bridgehead atoms. The molecule has 0 saturated heterocycles. The highest BCUT2D eigenvalue weighted by Crippen LogP contribution is 2.32. The van der Waals surface area contributed by atoms with Crippen LogP contribution in [0.15, 0.2) is 41.4 Å². The number of aliphatic imine (C=N–C) groups is 1. The Morgan fingerprint density at radius 2 is 1.57 bits per heavy atom. The number of hydrogen-bond donors (Lipinski definition) is 1. The fourth-order valence-corrected chi connectivity index (χ4v) is 4.32. The highest BCUT2D eigenvalue weighted by atomic mass is 35.5. The molecule has 0 atom stereocenters. The zero-order chi connectivity index (χ0) is 15.8. The molecule has 23 heavy (non-hydrogen) atoms. The summed E-state index contributed by atoms with van der Waals surface area (Å²) in [6, 6.07) is 11.4. The standard InChI is InChI=1S/C15H8Cl2N4S2/c16-8-3-1-5-10-12(8)20-14(22-10)18-7-19-15-21-13-9(17)4-2-6-11(13)23-15/h1-7H,(H,18,19,20,21). The van der Waals surface area contributed by atoms with Gasteiger partial charge in [-0.2, -0.15) is 0 Å². The minimum Gasteiger partial charge on any atom is -0.322 e. The first kappa shape index (κ1) is 14.8. The Hall–Kier alpha value is -1.73. The van der Waals surface area contributed by atoms with Gasteiger partial charge in [0.25, 0.3) is 0 Å². The number of fused-ring (bicyclic) bond motifs is 2. The van der Waals surface area contributed by atoms with Gasteiger partial charge in [0.05, 0.1) is 25.8 Å². The highest BCUT2D eigenvalue weighted by Gasteiger charge is 2.07. The molecular formula is C15H8Cl2N4S2. The Morgan fingerprint density at radius 3 is 2.22 bits per heavy atom. The molecule has 0 fully saturated rings. The second-order valence-corrected chi connectivity index (χ2v) is 7.45. The molecular weight excluding hydrogens is 371 g/mol. The first-order valence-corrected chi connectivity index (χ1v) is 8.99. The fourth-order valence-electron chi connectivity index (χ4n) is 2.08. The third-order valence-electron chi connectivity index (χ3n) is 3.09. The summed E-state index contributed by atoms with van der Waals surface area (Å²) in [7, 11) is 0. The summed E-state index contributed by atoms with van der Waals surface area (Å²) in [4.78, 5) is 13.2. The number of rotatable bonds is 3. The van der Waals surface area contributed by atoms with Crippen LogP contribution in [0.4, 0.5) is 10.3 Å². The summed E-state index contributed by atoms with van der Waals surface area (Å²) in [5.41, 5.74) is 1.57. The SMILES string of the molecule is Clc1cccc2sc(/N=C/Nc3nc4c(Cl)cccc4s3)nc12. The van der Waals surface area contributed by atoms with Crippen LogP contribution in [0.25, 0.3) is 20.4 Å². The molecule has 8 heteroatoms. The van der Waals surface area contributed by atoms with E-state index in [0.717, 1.165) is 25.6 Å². The summed E-state index contributed by atoms with van der Waals surface area (Å²) in [6.07, 6.45) is 1.58. The third kappa shape index (κ3) is 2.90. The van der Waals surface area contributed by atoms with Crippen molar-refractivity contribution in [3.8, 4) is 0 Å². The molecule has 114 valence electrons. The maximum absolute atomic E-state index is 6.12. The van der Waals surface area contributed by atoms with Gasteiger partial charge in [0.2, 0.25) is 5.13 Å². The van der Waals surface area contributed by atoms with Crippen LogP contribution in [-0.4, -0.2) is 16.3 Å². The maximum Gasteiger partial charge on any atom is 0.211 e. The summed E-state index contributed by atoms with van der Waals surface area (Å²) in [5, 5.41) is 5.71. The van der Waals surface area contributed by atoms with E-state index in [1.165, 1.54) is 22.7 Å². The Kier molecular flexibility index (Phi) is 3.90. The van der Waals surface area contributed by atoms with Gasteiger partial charge in [-0.1, -0.05) is 58.0 Å². The number of aromatic nitrogens is 2. The van der Waals surface area contributed by atoms with Crippen molar-refractivity contribution in [2.75, 3.05) is 5.32 Å². The van der Waals surface area contributed by atoms with E-state index < -0.39 is 0 Å². The predicted octanol–water partition coefficient (Wildman–Crippen LogP) is 5.98. The quantitative estimate of drug-likeness (QED) is 0.352. The van der Waals surface area contributed by atoms with Crippen molar-refractivity contribution in [1.82, 2.24) is 9.97 Å². The second kappa shape index (κ2) is 6.05. The number of thiazole rings is 2. The van der Waals surface area contributed by atoms with Crippen molar-refractivity contribution in [3.05, 3.63) is 46.4 Å². The Labute approximate surface area is 149 Å². The van der Waals surface area contributed by atoms with Crippen molar-refractivity contribution in [2.24, 2.45) is 4.99 Å². The lowest BCUT2D eigenvalue weighted by Crippen LogP contribution is -1.92. The first-order valence-electron chi connectivity index (χ1n) is 6.60. The van der Waals surface area contributed by atoms with Crippen LogP contribution >= 0.6 is 45.9 Å². The number of benzene rings is 2. The van der Waals surface area contributed by atoms with Gasteiger partial charge in [-0.05, 0) is 24.3 Å². The van der Waals surface area contributed by atoms with E-state index in [4.69, 9.17) is 23.2 Å². The summed E-state index contributed by atoms with van der Waals surface area (Å²) < 4.78 is 2.04. The molecule has 0 spiro atoms. The van der Waals surface area contributed by atoms with E-state index in [-0.39, 0.29) is 0 Å². The number of halogens is 2. The number of nitrogens with one attached hydrogen (secondary N) is 1. The molecule has 2 aromatic heterocycles. The van der Waals surface area contributed by atoms with Crippen LogP contribution in [0.2, 0.25) is 10.0 Å². The van der Waals surface area contributed by atoms with Crippen molar-refractivity contribution in [3.63, 3.8) is 0 Å².